The standard InChI is InChI=1S/C23H25F2NO3/c1-4-6-16(3)23(28)29-12-5-11-26-22(27)20-13-17(8-7-15(20)2)19-10-9-18(24)14-21(19)25/h4,7-10,13-14,16H,1,5-6,11-12H2,2-3H3,(H,26,27). The van der Waals surface area contributed by atoms with Gasteiger partial charge in [0.05, 0.1) is 12.5 Å². The van der Waals surface area contributed by atoms with E-state index in [1.165, 1.54) is 12.1 Å². The second-order valence-electron chi connectivity index (χ2n) is 6.86. The zero-order valence-corrected chi connectivity index (χ0v) is 16.6. The molecule has 0 saturated heterocycles. The highest BCUT2D eigenvalue weighted by Crippen LogP contribution is 2.25. The smallest absolute Gasteiger partial charge is 0.308 e. The second kappa shape index (κ2) is 10.5. The number of hydrogen-bond acceptors (Lipinski definition) is 3. The van der Waals surface area contributed by atoms with Gasteiger partial charge in [0, 0.05) is 23.7 Å². The third kappa shape index (κ3) is 6.24. The van der Waals surface area contributed by atoms with E-state index in [-0.39, 0.29) is 30.0 Å². The lowest BCUT2D eigenvalue weighted by Gasteiger charge is -2.12. The summed E-state index contributed by atoms with van der Waals surface area (Å²) in [5, 5.41) is 2.77. The summed E-state index contributed by atoms with van der Waals surface area (Å²) in [6, 6.07) is 8.32. The average Bonchev–Trinajstić information content (AvgIpc) is 2.68. The first-order chi connectivity index (χ1) is 13.8. The number of aryl methyl sites for hydroxylation is 1. The van der Waals surface area contributed by atoms with Crippen LogP contribution >= 0.6 is 0 Å². The fourth-order valence-electron chi connectivity index (χ4n) is 2.79. The lowest BCUT2D eigenvalue weighted by molar-refractivity contribution is -0.147. The molecule has 2 rings (SSSR count). The maximum absolute atomic E-state index is 14.0. The van der Waals surface area contributed by atoms with Crippen LogP contribution < -0.4 is 5.32 Å². The number of carbonyl (C=O) groups excluding carboxylic acids is 2. The number of carbonyl (C=O) groups is 2. The number of nitrogens with one attached hydrogen (secondary N) is 1. The van der Waals surface area contributed by atoms with Crippen molar-refractivity contribution >= 4 is 11.9 Å². The number of ether oxygens (including phenoxy) is 1. The van der Waals surface area contributed by atoms with Crippen LogP contribution in [-0.4, -0.2) is 25.0 Å². The Morgan fingerprint density at radius 2 is 1.97 bits per heavy atom. The topological polar surface area (TPSA) is 55.4 Å². The van der Waals surface area contributed by atoms with Gasteiger partial charge in [0.1, 0.15) is 11.6 Å². The summed E-state index contributed by atoms with van der Waals surface area (Å²) in [7, 11) is 0. The molecule has 2 aromatic rings. The van der Waals surface area contributed by atoms with Gasteiger partial charge in [-0.3, -0.25) is 9.59 Å². The van der Waals surface area contributed by atoms with Crippen molar-refractivity contribution in [3.8, 4) is 11.1 Å². The molecule has 0 aliphatic rings. The molecule has 1 atom stereocenters. The van der Waals surface area contributed by atoms with E-state index < -0.39 is 11.6 Å². The van der Waals surface area contributed by atoms with Crippen molar-refractivity contribution in [3.63, 3.8) is 0 Å². The summed E-state index contributed by atoms with van der Waals surface area (Å²) < 4.78 is 32.3. The highest BCUT2D eigenvalue weighted by molar-refractivity contribution is 5.96. The largest absolute Gasteiger partial charge is 0.465 e. The lowest BCUT2D eigenvalue weighted by Crippen LogP contribution is -2.26. The summed E-state index contributed by atoms with van der Waals surface area (Å²) >= 11 is 0. The normalized spacial score (nSPS) is 11.6. The first kappa shape index (κ1) is 22.3. The van der Waals surface area contributed by atoms with E-state index in [2.05, 4.69) is 11.9 Å². The highest BCUT2D eigenvalue weighted by Gasteiger charge is 2.14. The third-order valence-electron chi connectivity index (χ3n) is 4.50. The average molecular weight is 401 g/mol. The van der Waals surface area contributed by atoms with E-state index in [0.29, 0.717) is 30.5 Å². The predicted molar refractivity (Wildman–Crippen MR) is 108 cm³/mol. The van der Waals surface area contributed by atoms with E-state index in [1.807, 2.05) is 0 Å². The van der Waals surface area contributed by atoms with E-state index in [0.717, 1.165) is 11.6 Å². The van der Waals surface area contributed by atoms with Crippen LogP contribution in [0, 0.1) is 24.5 Å². The number of esters is 1. The van der Waals surface area contributed by atoms with Crippen LogP contribution in [0.4, 0.5) is 8.78 Å². The molecule has 1 amide bonds. The van der Waals surface area contributed by atoms with Crippen LogP contribution in [0.5, 0.6) is 0 Å². The zero-order valence-electron chi connectivity index (χ0n) is 16.6. The summed E-state index contributed by atoms with van der Waals surface area (Å²) in [5.41, 5.74) is 1.85. The number of halogens is 2. The fourth-order valence-corrected chi connectivity index (χ4v) is 2.79. The van der Waals surface area contributed by atoms with Gasteiger partial charge in [0.2, 0.25) is 0 Å². The zero-order chi connectivity index (χ0) is 21.4. The minimum Gasteiger partial charge on any atom is -0.465 e. The molecule has 0 saturated carbocycles. The van der Waals surface area contributed by atoms with E-state index in [4.69, 9.17) is 4.74 Å². The molecule has 2 aromatic carbocycles. The van der Waals surface area contributed by atoms with Gasteiger partial charge in [0.25, 0.3) is 5.91 Å². The van der Waals surface area contributed by atoms with Crippen molar-refractivity contribution in [1.29, 1.82) is 0 Å². The van der Waals surface area contributed by atoms with Crippen molar-refractivity contribution < 1.29 is 23.1 Å². The molecule has 1 unspecified atom stereocenters. The van der Waals surface area contributed by atoms with Crippen LogP contribution in [0.15, 0.2) is 49.1 Å². The maximum atomic E-state index is 14.0. The monoisotopic (exact) mass is 401 g/mol. The molecule has 154 valence electrons. The molecule has 0 aliphatic carbocycles. The first-order valence-electron chi connectivity index (χ1n) is 9.45. The van der Waals surface area contributed by atoms with Gasteiger partial charge in [-0.2, -0.15) is 0 Å². The molecule has 0 fully saturated rings. The van der Waals surface area contributed by atoms with Crippen molar-refractivity contribution in [2.75, 3.05) is 13.2 Å². The third-order valence-corrected chi connectivity index (χ3v) is 4.50. The van der Waals surface area contributed by atoms with Crippen molar-refractivity contribution in [2.45, 2.75) is 26.7 Å². The van der Waals surface area contributed by atoms with Gasteiger partial charge in [-0.15, -0.1) is 6.58 Å². The molecule has 0 radical (unpaired) electrons. The SMILES string of the molecule is C=CCC(C)C(=O)OCCCNC(=O)c1cc(-c2ccc(F)cc2F)ccc1C. The first-order valence-corrected chi connectivity index (χ1v) is 9.45. The number of amides is 1. The molecule has 0 spiro atoms. The van der Waals surface area contributed by atoms with Gasteiger partial charge in [0.15, 0.2) is 0 Å². The Kier molecular flexibility index (Phi) is 8.07. The van der Waals surface area contributed by atoms with Crippen molar-refractivity contribution in [2.24, 2.45) is 5.92 Å². The minimum absolute atomic E-state index is 0.209. The van der Waals surface area contributed by atoms with Gasteiger partial charge in [-0.1, -0.05) is 25.1 Å². The number of benzene rings is 2. The summed E-state index contributed by atoms with van der Waals surface area (Å²) in [6.07, 6.45) is 2.70. The Balaban J connectivity index is 1.94. The molecular weight excluding hydrogens is 376 g/mol. The number of hydrogen-bond donors (Lipinski definition) is 1. The molecule has 0 bridgehead atoms. The molecule has 6 heteroatoms. The van der Waals surface area contributed by atoms with Gasteiger partial charge < -0.3 is 10.1 Å². The molecule has 0 heterocycles. The van der Waals surface area contributed by atoms with E-state index >= 15 is 0 Å². The molecule has 0 aromatic heterocycles. The van der Waals surface area contributed by atoms with Crippen LogP contribution in [0.1, 0.15) is 35.7 Å². The Hall–Kier alpha value is -3.02. The molecule has 4 nitrogen and oxygen atoms in total. The Labute approximate surface area is 169 Å². The number of rotatable bonds is 9. The summed E-state index contributed by atoms with van der Waals surface area (Å²) in [5.74, 6) is -2.18. The Bertz CT molecular complexity index is 896. The van der Waals surface area contributed by atoms with Crippen LogP contribution in [0.3, 0.4) is 0 Å². The van der Waals surface area contributed by atoms with E-state index in [9.17, 15) is 18.4 Å². The van der Waals surface area contributed by atoms with Crippen LogP contribution in [0.25, 0.3) is 11.1 Å². The molecule has 1 N–H and O–H groups in total. The predicted octanol–water partition coefficient (Wildman–Crippen LogP) is 4.82. The van der Waals surface area contributed by atoms with Gasteiger partial charge in [-0.05, 0) is 49.1 Å². The molecule has 29 heavy (non-hydrogen) atoms. The van der Waals surface area contributed by atoms with E-state index in [1.54, 1.807) is 38.1 Å². The number of allylic oxidation sites excluding steroid dienone is 1. The lowest BCUT2D eigenvalue weighted by atomic mass is 9.99. The summed E-state index contributed by atoms with van der Waals surface area (Å²) in [4.78, 5) is 24.2. The fraction of sp³-hybridized carbons (Fsp3) is 0.304. The van der Waals surface area contributed by atoms with Crippen molar-refractivity contribution in [3.05, 3.63) is 71.8 Å². The van der Waals surface area contributed by atoms with Gasteiger partial charge in [-0.25, -0.2) is 8.78 Å². The second-order valence-corrected chi connectivity index (χ2v) is 6.86. The minimum atomic E-state index is -0.687. The Morgan fingerprint density at radius 3 is 2.66 bits per heavy atom. The highest BCUT2D eigenvalue weighted by atomic mass is 19.1. The maximum Gasteiger partial charge on any atom is 0.308 e. The van der Waals surface area contributed by atoms with Crippen molar-refractivity contribution in [1.82, 2.24) is 5.32 Å². The Morgan fingerprint density at radius 1 is 1.21 bits per heavy atom. The molecular formula is C23H25F2NO3. The van der Waals surface area contributed by atoms with Crippen LogP contribution in [-0.2, 0) is 9.53 Å². The van der Waals surface area contributed by atoms with Crippen LogP contribution in [0.2, 0.25) is 0 Å². The quantitative estimate of drug-likeness (QED) is 0.373. The summed E-state index contributed by atoms with van der Waals surface area (Å²) in [6.45, 7) is 7.68. The molecule has 0 aliphatic heterocycles. The van der Waals surface area contributed by atoms with Gasteiger partial charge >= 0.3 is 5.97 Å².